The van der Waals surface area contributed by atoms with Crippen molar-refractivity contribution in [3.8, 4) is 0 Å². The fourth-order valence-corrected chi connectivity index (χ4v) is 1.92. The third-order valence-electron chi connectivity index (χ3n) is 2.82. The minimum atomic E-state index is 1.19. The highest BCUT2D eigenvalue weighted by molar-refractivity contribution is 4.67. The van der Waals surface area contributed by atoms with Crippen molar-refractivity contribution in [2.45, 2.75) is 39.0 Å². The number of nitrogens with zero attached hydrogens (tertiary/aromatic N) is 2. The molecule has 0 amide bonds. The van der Waals surface area contributed by atoms with Crippen molar-refractivity contribution in [1.29, 1.82) is 0 Å². The fourth-order valence-electron chi connectivity index (χ4n) is 1.92. The van der Waals surface area contributed by atoms with Crippen LogP contribution >= 0.6 is 0 Å². The molecular weight excluding hydrogens is 160 g/mol. The summed E-state index contributed by atoms with van der Waals surface area (Å²) in [5.74, 6) is 0. The molecule has 1 rings (SSSR count). The molecule has 0 N–H and O–H groups in total. The van der Waals surface area contributed by atoms with E-state index in [1.54, 1.807) is 0 Å². The molecule has 1 heterocycles. The summed E-state index contributed by atoms with van der Waals surface area (Å²) >= 11 is 0. The van der Waals surface area contributed by atoms with E-state index in [0.717, 1.165) is 0 Å². The molecular formula is C11H24N2. The van der Waals surface area contributed by atoms with E-state index in [2.05, 4.69) is 23.8 Å². The summed E-state index contributed by atoms with van der Waals surface area (Å²) in [6, 6.07) is 0. The molecule has 0 bridgehead atoms. The van der Waals surface area contributed by atoms with Gasteiger partial charge in [-0.3, -0.25) is 9.80 Å². The Labute approximate surface area is 82.9 Å². The first kappa shape index (κ1) is 11.0. The van der Waals surface area contributed by atoms with Crippen LogP contribution in [-0.2, 0) is 0 Å². The summed E-state index contributed by atoms with van der Waals surface area (Å²) < 4.78 is 0. The Balaban J connectivity index is 1.88. The van der Waals surface area contributed by atoms with Crippen LogP contribution in [0, 0.1) is 0 Å². The van der Waals surface area contributed by atoms with Crippen LogP contribution < -0.4 is 0 Å². The van der Waals surface area contributed by atoms with Gasteiger partial charge in [0.15, 0.2) is 0 Å². The van der Waals surface area contributed by atoms with Gasteiger partial charge in [0.25, 0.3) is 0 Å². The molecule has 0 saturated carbocycles. The van der Waals surface area contributed by atoms with E-state index in [1.807, 2.05) is 0 Å². The lowest BCUT2D eigenvalue weighted by molar-refractivity contribution is 0.269. The molecule has 13 heavy (non-hydrogen) atoms. The average molecular weight is 184 g/mol. The quantitative estimate of drug-likeness (QED) is 0.584. The number of hydrogen-bond donors (Lipinski definition) is 0. The zero-order valence-corrected chi connectivity index (χ0v) is 9.26. The minimum absolute atomic E-state index is 1.19. The van der Waals surface area contributed by atoms with Crippen LogP contribution in [0.4, 0.5) is 0 Å². The average Bonchev–Trinajstić information content (AvgIpc) is 2.51. The van der Waals surface area contributed by atoms with Gasteiger partial charge in [0.05, 0.1) is 6.67 Å². The lowest BCUT2D eigenvalue weighted by atomic mass is 10.1. The molecule has 0 atom stereocenters. The molecule has 0 aromatic carbocycles. The van der Waals surface area contributed by atoms with Crippen molar-refractivity contribution in [1.82, 2.24) is 9.80 Å². The van der Waals surface area contributed by atoms with Gasteiger partial charge in [-0.25, -0.2) is 0 Å². The van der Waals surface area contributed by atoms with Crippen molar-refractivity contribution < 1.29 is 0 Å². The molecule has 0 aromatic rings. The van der Waals surface area contributed by atoms with E-state index < -0.39 is 0 Å². The molecule has 1 fully saturated rings. The Hall–Kier alpha value is -0.0800. The van der Waals surface area contributed by atoms with Crippen molar-refractivity contribution in [3.05, 3.63) is 0 Å². The van der Waals surface area contributed by atoms with Crippen LogP contribution in [-0.4, -0.2) is 43.2 Å². The number of unbranched alkanes of at least 4 members (excludes halogenated alkanes) is 4. The van der Waals surface area contributed by atoms with Crippen molar-refractivity contribution >= 4 is 0 Å². The van der Waals surface area contributed by atoms with E-state index in [0.29, 0.717) is 0 Å². The van der Waals surface area contributed by atoms with Crippen molar-refractivity contribution in [3.63, 3.8) is 0 Å². The van der Waals surface area contributed by atoms with Crippen LogP contribution in [0.3, 0.4) is 0 Å². The zero-order chi connectivity index (χ0) is 9.52. The van der Waals surface area contributed by atoms with Crippen LogP contribution in [0.15, 0.2) is 0 Å². The van der Waals surface area contributed by atoms with Crippen molar-refractivity contribution in [2.75, 3.05) is 33.4 Å². The molecule has 1 aliphatic heterocycles. The molecule has 2 nitrogen and oxygen atoms in total. The van der Waals surface area contributed by atoms with Crippen LogP contribution in [0.2, 0.25) is 0 Å². The number of rotatable bonds is 6. The highest BCUT2D eigenvalue weighted by Gasteiger charge is 2.14. The molecule has 1 aliphatic rings. The summed E-state index contributed by atoms with van der Waals surface area (Å²) in [7, 11) is 2.21. The Bertz CT molecular complexity index is 125. The van der Waals surface area contributed by atoms with Gasteiger partial charge in [-0.2, -0.15) is 0 Å². The topological polar surface area (TPSA) is 6.48 Å². The summed E-state index contributed by atoms with van der Waals surface area (Å²) in [4.78, 5) is 4.96. The Kier molecular flexibility index (Phi) is 5.40. The predicted octanol–water partition coefficient (Wildman–Crippen LogP) is 2.16. The van der Waals surface area contributed by atoms with Crippen LogP contribution in [0.5, 0.6) is 0 Å². The van der Waals surface area contributed by atoms with Gasteiger partial charge in [0.2, 0.25) is 0 Å². The lowest BCUT2D eigenvalue weighted by Crippen LogP contribution is -2.24. The van der Waals surface area contributed by atoms with Gasteiger partial charge in [-0.05, 0) is 20.0 Å². The van der Waals surface area contributed by atoms with E-state index in [9.17, 15) is 0 Å². The standard InChI is InChI=1S/C11H24N2/c1-3-4-5-6-7-8-13-10-9-12(2)11-13/h3-11H2,1-2H3. The second-order valence-electron chi connectivity index (χ2n) is 4.25. The molecule has 2 heteroatoms. The first-order valence-electron chi connectivity index (χ1n) is 5.74. The maximum Gasteiger partial charge on any atom is 0.0504 e. The molecule has 0 spiro atoms. The smallest absolute Gasteiger partial charge is 0.0504 e. The summed E-state index contributed by atoms with van der Waals surface area (Å²) in [5.41, 5.74) is 0. The maximum absolute atomic E-state index is 2.56. The predicted molar refractivity (Wildman–Crippen MR) is 57.8 cm³/mol. The van der Waals surface area contributed by atoms with Gasteiger partial charge < -0.3 is 0 Å². The van der Waals surface area contributed by atoms with Gasteiger partial charge >= 0.3 is 0 Å². The zero-order valence-electron chi connectivity index (χ0n) is 9.26. The van der Waals surface area contributed by atoms with E-state index in [4.69, 9.17) is 0 Å². The second-order valence-corrected chi connectivity index (χ2v) is 4.25. The monoisotopic (exact) mass is 184 g/mol. The largest absolute Gasteiger partial charge is 0.292 e. The molecule has 0 aliphatic carbocycles. The second kappa shape index (κ2) is 6.39. The van der Waals surface area contributed by atoms with E-state index >= 15 is 0 Å². The van der Waals surface area contributed by atoms with E-state index in [-0.39, 0.29) is 0 Å². The van der Waals surface area contributed by atoms with Gasteiger partial charge in [0.1, 0.15) is 0 Å². The Morgan fingerprint density at radius 3 is 2.38 bits per heavy atom. The SMILES string of the molecule is CCCCCCCN1CCN(C)C1. The first-order valence-corrected chi connectivity index (χ1v) is 5.74. The highest BCUT2D eigenvalue weighted by atomic mass is 15.4. The van der Waals surface area contributed by atoms with Crippen LogP contribution in [0.25, 0.3) is 0 Å². The molecule has 78 valence electrons. The van der Waals surface area contributed by atoms with Crippen molar-refractivity contribution in [2.24, 2.45) is 0 Å². The third-order valence-corrected chi connectivity index (χ3v) is 2.82. The maximum atomic E-state index is 2.56. The molecule has 0 unspecified atom stereocenters. The summed E-state index contributed by atoms with van der Waals surface area (Å²) in [5, 5.41) is 0. The lowest BCUT2D eigenvalue weighted by Gasteiger charge is -2.14. The summed E-state index contributed by atoms with van der Waals surface area (Å²) in [6.07, 6.45) is 7.02. The van der Waals surface area contributed by atoms with Gasteiger partial charge in [-0.15, -0.1) is 0 Å². The molecule has 1 saturated heterocycles. The normalized spacial score (nSPS) is 19.8. The summed E-state index contributed by atoms with van der Waals surface area (Å²) in [6.45, 7) is 7.32. The Morgan fingerprint density at radius 1 is 1.00 bits per heavy atom. The highest BCUT2D eigenvalue weighted by Crippen LogP contribution is 2.06. The minimum Gasteiger partial charge on any atom is -0.292 e. The third kappa shape index (κ3) is 4.63. The Morgan fingerprint density at radius 2 is 1.77 bits per heavy atom. The van der Waals surface area contributed by atoms with Crippen LogP contribution in [0.1, 0.15) is 39.0 Å². The van der Waals surface area contributed by atoms with E-state index in [1.165, 1.54) is 58.4 Å². The molecule has 0 radical (unpaired) electrons. The van der Waals surface area contributed by atoms with Gasteiger partial charge in [-0.1, -0.05) is 32.6 Å². The molecule has 0 aromatic heterocycles. The first-order chi connectivity index (χ1) is 6.33. The van der Waals surface area contributed by atoms with Gasteiger partial charge in [0, 0.05) is 13.1 Å². The fraction of sp³-hybridized carbons (Fsp3) is 1.00. The number of hydrogen-bond acceptors (Lipinski definition) is 2. The number of likely N-dealkylation sites (N-methyl/N-ethyl adjacent to an activating group) is 1.